The Morgan fingerprint density at radius 3 is 2.73 bits per heavy atom. The molecule has 2 aromatic carbocycles. The lowest BCUT2D eigenvalue weighted by atomic mass is 10.1. The van der Waals surface area contributed by atoms with Crippen molar-refractivity contribution >= 4 is 17.2 Å². The fourth-order valence-corrected chi connectivity index (χ4v) is 4.28. The zero-order chi connectivity index (χ0) is 22.8. The second-order valence-electron chi connectivity index (χ2n) is 8.70. The number of anilines is 1. The number of benzene rings is 2. The van der Waals surface area contributed by atoms with Crippen molar-refractivity contribution in [3.05, 3.63) is 83.9 Å². The highest BCUT2D eigenvalue weighted by atomic mass is 16.1. The molecule has 0 bridgehead atoms. The number of nitrogens with zero attached hydrogens (tertiary/aromatic N) is 5. The first-order chi connectivity index (χ1) is 16.1. The van der Waals surface area contributed by atoms with Gasteiger partial charge in [0.25, 0.3) is 5.91 Å². The van der Waals surface area contributed by atoms with Gasteiger partial charge >= 0.3 is 0 Å². The Morgan fingerprint density at radius 1 is 1.06 bits per heavy atom. The van der Waals surface area contributed by atoms with Crippen molar-refractivity contribution < 1.29 is 4.79 Å². The summed E-state index contributed by atoms with van der Waals surface area (Å²) in [4.78, 5) is 26.3. The highest BCUT2D eigenvalue weighted by Crippen LogP contribution is 2.23. The van der Waals surface area contributed by atoms with Crippen molar-refractivity contribution in [3.63, 3.8) is 0 Å². The minimum absolute atomic E-state index is 0.126. The summed E-state index contributed by atoms with van der Waals surface area (Å²) < 4.78 is 1.96. The number of hydrogen-bond donors (Lipinski definition) is 1. The first kappa shape index (κ1) is 21.3. The topological polar surface area (TPSA) is 65.8 Å². The van der Waals surface area contributed by atoms with Crippen LogP contribution in [-0.4, -0.2) is 63.3 Å². The normalized spacial score (nSPS) is 15.1. The van der Waals surface area contributed by atoms with Crippen LogP contribution in [-0.2, 0) is 6.54 Å². The molecule has 0 atom stereocenters. The number of carbonyl (C=O) groups excluding carboxylic acids is 1. The number of fused-ring (bicyclic) bond motifs is 1. The number of aromatic nitrogens is 3. The van der Waals surface area contributed by atoms with Crippen LogP contribution in [0.25, 0.3) is 16.9 Å². The number of nitrogens with one attached hydrogen (secondary N) is 1. The molecular formula is C26H28N6O. The highest BCUT2D eigenvalue weighted by molar-refractivity contribution is 6.05. The van der Waals surface area contributed by atoms with Crippen LogP contribution in [0.4, 0.5) is 5.69 Å². The van der Waals surface area contributed by atoms with Crippen LogP contribution in [0.3, 0.4) is 0 Å². The van der Waals surface area contributed by atoms with Crippen LogP contribution in [0.2, 0.25) is 0 Å². The summed E-state index contributed by atoms with van der Waals surface area (Å²) in [5.74, 6) is -0.126. The largest absolute Gasteiger partial charge is 0.322 e. The van der Waals surface area contributed by atoms with E-state index in [0.29, 0.717) is 5.56 Å². The molecule has 3 heterocycles. The molecule has 0 aliphatic carbocycles. The van der Waals surface area contributed by atoms with Gasteiger partial charge in [-0.2, -0.15) is 0 Å². The predicted octanol–water partition coefficient (Wildman–Crippen LogP) is 3.70. The summed E-state index contributed by atoms with van der Waals surface area (Å²) >= 11 is 0. The smallest absolute Gasteiger partial charge is 0.255 e. The molecule has 0 saturated carbocycles. The van der Waals surface area contributed by atoms with Crippen molar-refractivity contribution in [3.8, 4) is 11.3 Å². The van der Waals surface area contributed by atoms with Crippen LogP contribution < -0.4 is 5.32 Å². The van der Waals surface area contributed by atoms with Crippen molar-refractivity contribution in [2.45, 2.75) is 13.5 Å². The summed E-state index contributed by atoms with van der Waals surface area (Å²) in [7, 11) is 2.17. The minimum atomic E-state index is -0.126. The Labute approximate surface area is 193 Å². The summed E-state index contributed by atoms with van der Waals surface area (Å²) in [6.45, 7) is 7.46. The average molecular weight is 441 g/mol. The second kappa shape index (κ2) is 9.13. The van der Waals surface area contributed by atoms with E-state index in [1.54, 1.807) is 18.6 Å². The van der Waals surface area contributed by atoms with E-state index in [0.717, 1.165) is 55.3 Å². The number of piperazine rings is 1. The number of likely N-dealkylation sites (N-methyl/N-ethyl adjacent to an activating group) is 1. The van der Waals surface area contributed by atoms with Gasteiger partial charge in [-0.1, -0.05) is 18.2 Å². The lowest BCUT2D eigenvalue weighted by Gasteiger charge is -2.32. The number of aryl methyl sites for hydroxylation is 1. The van der Waals surface area contributed by atoms with Crippen LogP contribution in [0.15, 0.2) is 67.3 Å². The summed E-state index contributed by atoms with van der Waals surface area (Å²) in [5, 5.41) is 3.05. The van der Waals surface area contributed by atoms with Gasteiger partial charge in [-0.25, -0.2) is 4.98 Å². The fourth-order valence-electron chi connectivity index (χ4n) is 4.28. The molecule has 1 aliphatic heterocycles. The molecule has 7 nitrogen and oxygen atoms in total. The zero-order valence-electron chi connectivity index (χ0n) is 19.0. The van der Waals surface area contributed by atoms with Crippen LogP contribution in [0.1, 0.15) is 21.5 Å². The van der Waals surface area contributed by atoms with E-state index in [4.69, 9.17) is 0 Å². The average Bonchev–Trinajstić information content (AvgIpc) is 3.26. The maximum absolute atomic E-state index is 13.0. The molecule has 5 rings (SSSR count). The molecule has 33 heavy (non-hydrogen) atoms. The molecule has 0 spiro atoms. The van der Waals surface area contributed by atoms with Gasteiger partial charge in [-0.3, -0.25) is 19.1 Å². The van der Waals surface area contributed by atoms with Crippen LogP contribution in [0.5, 0.6) is 0 Å². The van der Waals surface area contributed by atoms with E-state index in [2.05, 4.69) is 51.2 Å². The summed E-state index contributed by atoms with van der Waals surface area (Å²) in [5.41, 5.74) is 6.55. The molecule has 1 aliphatic rings. The minimum Gasteiger partial charge on any atom is -0.322 e. The first-order valence-electron chi connectivity index (χ1n) is 11.3. The van der Waals surface area contributed by atoms with Crippen molar-refractivity contribution in [1.82, 2.24) is 24.2 Å². The van der Waals surface area contributed by atoms with E-state index < -0.39 is 0 Å². The Hall–Kier alpha value is -3.55. The van der Waals surface area contributed by atoms with Gasteiger partial charge in [-0.05, 0) is 49.4 Å². The number of carbonyl (C=O) groups is 1. The van der Waals surface area contributed by atoms with E-state index >= 15 is 0 Å². The van der Waals surface area contributed by atoms with Gasteiger partial charge in [-0.15, -0.1) is 0 Å². The monoisotopic (exact) mass is 440 g/mol. The summed E-state index contributed by atoms with van der Waals surface area (Å²) in [6, 6.07) is 13.8. The van der Waals surface area contributed by atoms with E-state index in [9.17, 15) is 4.79 Å². The van der Waals surface area contributed by atoms with Crippen molar-refractivity contribution in [2.75, 3.05) is 38.5 Å². The quantitative estimate of drug-likeness (QED) is 0.513. The second-order valence-corrected chi connectivity index (χ2v) is 8.70. The standard InChI is InChI=1S/C26H28N6O/c1-19-14-23(7-6-22(19)18-31-12-10-30(2)11-13-31)29-26(33)21-5-3-4-20(15-21)24-16-28-25-17-27-8-9-32(24)25/h3-9,14-17H,10-13,18H2,1-2H3,(H,29,33). The predicted molar refractivity (Wildman–Crippen MR) is 130 cm³/mol. The number of amides is 1. The molecule has 1 fully saturated rings. The fraction of sp³-hybridized carbons (Fsp3) is 0.269. The van der Waals surface area contributed by atoms with Gasteiger partial charge in [0, 0.05) is 61.9 Å². The highest BCUT2D eigenvalue weighted by Gasteiger charge is 2.15. The molecule has 4 aromatic rings. The maximum Gasteiger partial charge on any atom is 0.255 e. The number of rotatable bonds is 5. The Balaban J connectivity index is 1.30. The number of imidazole rings is 1. The van der Waals surface area contributed by atoms with Crippen molar-refractivity contribution in [1.29, 1.82) is 0 Å². The molecule has 168 valence electrons. The molecule has 0 radical (unpaired) electrons. The van der Waals surface area contributed by atoms with Crippen LogP contribution >= 0.6 is 0 Å². The van der Waals surface area contributed by atoms with Gasteiger partial charge in [0.1, 0.15) is 0 Å². The first-order valence-corrected chi connectivity index (χ1v) is 11.3. The third kappa shape index (κ3) is 4.65. The Morgan fingerprint density at radius 2 is 1.91 bits per heavy atom. The van der Waals surface area contributed by atoms with Gasteiger partial charge < -0.3 is 10.2 Å². The third-order valence-electron chi connectivity index (χ3n) is 6.33. The SMILES string of the molecule is Cc1cc(NC(=O)c2cccc(-c3cnc4cnccn34)c2)ccc1CN1CCN(C)CC1. The number of hydrogen-bond acceptors (Lipinski definition) is 5. The Bertz CT molecular complexity index is 1290. The molecule has 2 aromatic heterocycles. The van der Waals surface area contributed by atoms with E-state index in [1.807, 2.05) is 40.9 Å². The molecule has 0 unspecified atom stereocenters. The van der Waals surface area contributed by atoms with E-state index in [1.165, 1.54) is 11.1 Å². The summed E-state index contributed by atoms with van der Waals surface area (Å²) in [6.07, 6.45) is 7.12. The van der Waals surface area contributed by atoms with Gasteiger partial charge in [0.05, 0.1) is 18.1 Å². The molecule has 1 saturated heterocycles. The van der Waals surface area contributed by atoms with Gasteiger partial charge in [0.15, 0.2) is 5.65 Å². The molecule has 7 heteroatoms. The lowest BCUT2D eigenvalue weighted by Crippen LogP contribution is -2.43. The zero-order valence-corrected chi connectivity index (χ0v) is 19.0. The molecule has 1 N–H and O–H groups in total. The lowest BCUT2D eigenvalue weighted by molar-refractivity contribution is 0.102. The third-order valence-corrected chi connectivity index (χ3v) is 6.33. The molecular weight excluding hydrogens is 412 g/mol. The molecule has 1 amide bonds. The van der Waals surface area contributed by atoms with Crippen molar-refractivity contribution in [2.24, 2.45) is 0 Å². The maximum atomic E-state index is 13.0. The van der Waals surface area contributed by atoms with Gasteiger partial charge in [0.2, 0.25) is 0 Å². The Kier molecular flexibility index (Phi) is 5.90. The van der Waals surface area contributed by atoms with E-state index in [-0.39, 0.29) is 5.91 Å². The van der Waals surface area contributed by atoms with Crippen LogP contribution in [0, 0.1) is 6.92 Å².